The van der Waals surface area contributed by atoms with Gasteiger partial charge in [0.2, 0.25) is 27.7 Å². The van der Waals surface area contributed by atoms with E-state index in [1.807, 2.05) is 0 Å². The lowest BCUT2D eigenvalue weighted by Gasteiger charge is -2.30. The van der Waals surface area contributed by atoms with E-state index in [9.17, 15) is 42.1 Å². The molecule has 45 heavy (non-hydrogen) atoms. The maximum atomic E-state index is 13.9. The lowest BCUT2D eigenvalue weighted by Crippen LogP contribution is -2.33. The fourth-order valence-electron chi connectivity index (χ4n) is 5.33. The molecule has 6 rings (SSSR count). The Morgan fingerprint density at radius 1 is 0.978 bits per heavy atom. The Bertz CT molecular complexity index is 2050. The average Bonchev–Trinajstić information content (AvgIpc) is 3.43. The van der Waals surface area contributed by atoms with Crippen LogP contribution >= 0.6 is 23.1 Å². The molecule has 1 saturated heterocycles. The van der Waals surface area contributed by atoms with Crippen molar-refractivity contribution in [2.45, 2.75) is 27.6 Å². The molecule has 0 aliphatic carbocycles. The number of hydrogen-bond acceptors (Lipinski definition) is 10. The number of sulfonamides is 1. The van der Waals surface area contributed by atoms with Gasteiger partial charge in [0.15, 0.2) is 0 Å². The van der Waals surface area contributed by atoms with E-state index in [1.165, 1.54) is 77.4 Å². The third-order valence-corrected chi connectivity index (χ3v) is 10.9. The molecule has 0 unspecified atom stereocenters. The van der Waals surface area contributed by atoms with Crippen molar-refractivity contribution in [3.8, 4) is 0 Å². The largest absolute Gasteiger partial charge is 0.325 e. The van der Waals surface area contributed by atoms with Crippen molar-refractivity contribution in [2.75, 3.05) is 10.2 Å². The lowest BCUT2D eigenvalue weighted by atomic mass is 9.83. The highest BCUT2D eigenvalue weighted by molar-refractivity contribution is 8.00. The first-order chi connectivity index (χ1) is 21.3. The van der Waals surface area contributed by atoms with Crippen molar-refractivity contribution in [1.82, 2.24) is 4.57 Å². The average molecular weight is 670 g/mol. The Morgan fingerprint density at radius 3 is 2.22 bits per heavy atom. The van der Waals surface area contributed by atoms with E-state index in [4.69, 9.17) is 5.14 Å². The summed E-state index contributed by atoms with van der Waals surface area (Å²) >= 11 is 1.77. The number of aromatic nitrogens is 1. The first kappa shape index (κ1) is 30.3. The number of carbonyl (C=O) groups is 3. The number of imide groups is 1. The van der Waals surface area contributed by atoms with Gasteiger partial charge in [-0.2, -0.15) is 0 Å². The predicted octanol–water partition coefficient (Wildman–Crippen LogP) is 3.04. The van der Waals surface area contributed by atoms with Crippen molar-refractivity contribution in [1.29, 1.82) is 0 Å². The summed E-state index contributed by atoms with van der Waals surface area (Å²) in [5.41, 5.74) is 0.639. The first-order valence-electron chi connectivity index (χ1n) is 13.0. The zero-order valence-electron chi connectivity index (χ0n) is 22.7. The summed E-state index contributed by atoms with van der Waals surface area (Å²) < 4.78 is 38.1. The van der Waals surface area contributed by atoms with E-state index in [-0.39, 0.29) is 22.0 Å². The number of nitrogens with one attached hydrogen (secondary N) is 1. The minimum Gasteiger partial charge on any atom is -0.325 e. The third-order valence-electron chi connectivity index (χ3n) is 7.37. The van der Waals surface area contributed by atoms with Crippen molar-refractivity contribution in [3.63, 3.8) is 0 Å². The van der Waals surface area contributed by atoms with Crippen LogP contribution in [0.5, 0.6) is 0 Å². The highest BCUT2D eigenvalue weighted by Crippen LogP contribution is 2.53. The lowest BCUT2D eigenvalue weighted by molar-refractivity contribution is -0.384. The van der Waals surface area contributed by atoms with Gasteiger partial charge in [0.25, 0.3) is 5.69 Å². The Hall–Kier alpha value is -4.71. The summed E-state index contributed by atoms with van der Waals surface area (Å²) in [6.07, 6.45) is 0. The number of thiazole rings is 1. The monoisotopic (exact) mass is 669 g/mol. The summed E-state index contributed by atoms with van der Waals surface area (Å²) in [4.78, 5) is 65.1. The van der Waals surface area contributed by atoms with Crippen LogP contribution in [0.25, 0.3) is 0 Å². The van der Waals surface area contributed by atoms with Gasteiger partial charge in [-0.3, -0.25) is 33.9 Å². The van der Waals surface area contributed by atoms with Crippen molar-refractivity contribution in [2.24, 2.45) is 11.1 Å². The normalized spacial score (nSPS) is 19.2. The smallest absolute Gasteiger partial charge is 0.308 e. The number of fused-ring (bicyclic) bond motifs is 2. The number of non-ortho nitro benzene ring substituents is 1. The van der Waals surface area contributed by atoms with Crippen LogP contribution in [0.3, 0.4) is 0 Å². The van der Waals surface area contributed by atoms with Crippen LogP contribution in [0.2, 0.25) is 0 Å². The number of nitrogens with two attached hydrogens (primary N) is 1. The van der Waals surface area contributed by atoms with Gasteiger partial charge in [-0.05, 0) is 54.1 Å². The maximum Gasteiger partial charge on any atom is 0.308 e. The summed E-state index contributed by atoms with van der Waals surface area (Å²) in [7, 11) is -3.94. The molecule has 0 saturated carbocycles. The Kier molecular flexibility index (Phi) is 7.64. The van der Waals surface area contributed by atoms with Crippen LogP contribution in [-0.2, 0) is 31.0 Å². The van der Waals surface area contributed by atoms with E-state index in [0.717, 1.165) is 28.0 Å². The number of primary sulfonamides is 1. The molecule has 3 atom stereocenters. The number of carbonyl (C=O) groups excluding carboxylic acids is 3. The van der Waals surface area contributed by atoms with Gasteiger partial charge in [0, 0.05) is 28.6 Å². The van der Waals surface area contributed by atoms with Gasteiger partial charge < -0.3 is 5.32 Å². The van der Waals surface area contributed by atoms with Crippen molar-refractivity contribution < 1.29 is 32.1 Å². The molecule has 1 aromatic heterocycles. The molecular weight excluding hydrogens is 650 g/mol. The second-order valence-corrected chi connectivity index (χ2v) is 13.8. The molecule has 17 heteroatoms. The molecule has 13 nitrogen and oxygen atoms in total. The third kappa shape index (κ3) is 5.54. The Morgan fingerprint density at radius 2 is 1.62 bits per heavy atom. The highest BCUT2D eigenvalue weighted by Gasteiger charge is 2.56. The van der Waals surface area contributed by atoms with Crippen LogP contribution in [0.15, 0.2) is 87.5 Å². The van der Waals surface area contributed by atoms with E-state index in [2.05, 4.69) is 5.32 Å². The Labute approximate surface area is 261 Å². The van der Waals surface area contributed by atoms with Gasteiger partial charge in [-0.1, -0.05) is 35.2 Å². The van der Waals surface area contributed by atoms with Crippen molar-refractivity contribution in [3.05, 3.63) is 109 Å². The van der Waals surface area contributed by atoms with E-state index in [0.29, 0.717) is 15.5 Å². The van der Waals surface area contributed by atoms with Crippen LogP contribution in [-0.4, -0.2) is 40.9 Å². The number of halogens is 1. The number of benzene rings is 3. The first-order valence-corrected chi connectivity index (χ1v) is 16.3. The van der Waals surface area contributed by atoms with Gasteiger partial charge >= 0.3 is 4.87 Å². The Balaban J connectivity index is 1.36. The topological polar surface area (TPSA) is 192 Å². The number of amides is 3. The minimum absolute atomic E-state index is 0.136. The van der Waals surface area contributed by atoms with Crippen LogP contribution in [0.4, 0.5) is 21.5 Å². The minimum atomic E-state index is -3.94. The molecule has 0 spiro atoms. The van der Waals surface area contributed by atoms with Crippen LogP contribution in [0, 0.1) is 21.8 Å². The fraction of sp³-hybridized carbons (Fsp3) is 0.143. The number of nitro benzene ring substituents is 1. The standard InChI is InChI=1S/C28H20FN5O8S3/c29-15-3-1-14(2-4-15)21-22-23(26(37)33(25(22)36)17-7-9-18(10-8-17)34(39)40)43-27-24(21)44-28(38)32(27)13-20(35)31-16-5-11-19(12-6-16)45(30,41)42/h1-12,21-23H,13H2,(H,31,35)(H2,30,41,42)/t21-,22-,23+/m0/s1. The summed E-state index contributed by atoms with van der Waals surface area (Å²) in [6, 6.07) is 15.4. The summed E-state index contributed by atoms with van der Waals surface area (Å²) in [6.45, 7) is -0.462. The summed E-state index contributed by atoms with van der Waals surface area (Å²) in [5.74, 6) is -4.16. The zero-order valence-corrected chi connectivity index (χ0v) is 25.1. The fourth-order valence-corrected chi connectivity index (χ4v) is 8.62. The molecule has 0 radical (unpaired) electrons. The van der Waals surface area contributed by atoms with Gasteiger partial charge in [-0.25, -0.2) is 22.8 Å². The molecule has 3 N–H and O–H groups in total. The second kappa shape index (κ2) is 11.3. The molecule has 3 amide bonds. The van der Waals surface area contributed by atoms with E-state index in [1.54, 1.807) is 0 Å². The van der Waals surface area contributed by atoms with Gasteiger partial charge in [-0.15, -0.1) is 0 Å². The molecule has 4 aromatic rings. The number of nitro groups is 1. The molecule has 2 aliphatic rings. The number of hydrogen-bond donors (Lipinski definition) is 2. The molecule has 3 heterocycles. The number of rotatable bonds is 7. The second-order valence-electron chi connectivity index (χ2n) is 10.1. The molecule has 1 fully saturated rings. The molecule has 2 aliphatic heterocycles. The number of nitrogens with zero attached hydrogens (tertiary/aromatic N) is 3. The zero-order chi connectivity index (χ0) is 32.2. The predicted molar refractivity (Wildman–Crippen MR) is 162 cm³/mol. The van der Waals surface area contributed by atoms with Crippen LogP contribution < -0.4 is 20.2 Å². The quantitative estimate of drug-likeness (QED) is 0.169. The maximum absolute atomic E-state index is 13.9. The van der Waals surface area contributed by atoms with Gasteiger partial charge in [0.1, 0.15) is 17.6 Å². The molecular formula is C28H20FN5O8S3. The molecule has 230 valence electrons. The SMILES string of the molecule is NS(=O)(=O)c1ccc(NC(=O)Cn2c3c(sc2=O)[C@@H](c2ccc(F)cc2)[C@@H]2C(=O)N(c4ccc([N+](=O)[O-])cc4)C(=O)[C@@H]2S3)cc1. The van der Waals surface area contributed by atoms with E-state index >= 15 is 0 Å². The molecule has 3 aromatic carbocycles. The highest BCUT2D eigenvalue weighted by atomic mass is 32.2. The molecule has 0 bridgehead atoms. The van der Waals surface area contributed by atoms with Crippen molar-refractivity contribution >= 4 is 67.9 Å². The number of anilines is 2. The number of thioether (sulfide) groups is 1. The van der Waals surface area contributed by atoms with Gasteiger partial charge in [0.05, 0.1) is 26.5 Å². The summed E-state index contributed by atoms with van der Waals surface area (Å²) in [5, 5.41) is 18.1. The van der Waals surface area contributed by atoms with Crippen LogP contribution in [0.1, 0.15) is 16.4 Å². The van der Waals surface area contributed by atoms with E-state index < -0.39 is 67.0 Å².